The molecule has 2 aromatic carbocycles. The van der Waals surface area contributed by atoms with Gasteiger partial charge in [0.15, 0.2) is 0 Å². The molecule has 3 N–H and O–H groups in total. The molecule has 0 aliphatic carbocycles. The van der Waals surface area contributed by atoms with Crippen molar-refractivity contribution >= 4 is 12.4 Å². The summed E-state index contributed by atoms with van der Waals surface area (Å²) in [5.41, 5.74) is 6.87. The van der Waals surface area contributed by atoms with Gasteiger partial charge in [0.25, 0.3) is 0 Å². The van der Waals surface area contributed by atoms with Gasteiger partial charge in [0, 0.05) is 12.0 Å². The molecule has 2 aromatic rings. The van der Waals surface area contributed by atoms with Crippen molar-refractivity contribution in [2.24, 2.45) is 5.73 Å². The zero-order valence-electron chi connectivity index (χ0n) is 12.0. The number of hydrogen-bond acceptors (Lipinski definition) is 3. The largest absolute Gasteiger partial charge is 0.573 e. The Morgan fingerprint density at radius 3 is 2.17 bits per heavy atom. The predicted octanol–water partition coefficient (Wildman–Crippen LogP) is 3.61. The molecule has 3 nitrogen and oxygen atoms in total. The molecular weight excluding hydrogens is 331 g/mol. The molecule has 0 unspecified atom stereocenters. The Labute approximate surface area is 138 Å². The Morgan fingerprint density at radius 1 is 1.00 bits per heavy atom. The quantitative estimate of drug-likeness (QED) is 0.868. The summed E-state index contributed by atoms with van der Waals surface area (Å²) in [5, 5.41) is 10.2. The minimum absolute atomic E-state index is 0. The fourth-order valence-electron chi connectivity index (χ4n) is 2.16. The standard InChI is InChI=1S/C16H16F3NO2.ClH/c17-16(18,19)22-14-9-5-4-8-12(14)15(20)13(21)10-11-6-2-1-3-7-11;/h1-9,13,15,21H,10,20H2;1H/t13-,15+;/m0./s1. The highest BCUT2D eigenvalue weighted by molar-refractivity contribution is 5.85. The topological polar surface area (TPSA) is 55.5 Å². The molecule has 0 aliphatic heterocycles. The summed E-state index contributed by atoms with van der Waals surface area (Å²) in [6.45, 7) is 0. The molecule has 0 fully saturated rings. The summed E-state index contributed by atoms with van der Waals surface area (Å²) in [4.78, 5) is 0. The summed E-state index contributed by atoms with van der Waals surface area (Å²) in [6, 6.07) is 13.7. The van der Waals surface area contributed by atoms with Crippen LogP contribution in [0.5, 0.6) is 5.75 Å². The molecule has 23 heavy (non-hydrogen) atoms. The number of rotatable bonds is 5. The number of hydrogen-bond donors (Lipinski definition) is 2. The number of benzene rings is 2. The van der Waals surface area contributed by atoms with Crippen LogP contribution in [0.4, 0.5) is 13.2 Å². The van der Waals surface area contributed by atoms with Crippen LogP contribution >= 0.6 is 12.4 Å². The van der Waals surface area contributed by atoms with Gasteiger partial charge in [-0.1, -0.05) is 48.5 Å². The summed E-state index contributed by atoms with van der Waals surface area (Å²) in [7, 11) is 0. The maximum atomic E-state index is 12.4. The van der Waals surface area contributed by atoms with Gasteiger partial charge in [-0.15, -0.1) is 25.6 Å². The third-order valence-electron chi connectivity index (χ3n) is 3.21. The fourth-order valence-corrected chi connectivity index (χ4v) is 2.16. The van der Waals surface area contributed by atoms with E-state index in [4.69, 9.17) is 5.73 Å². The lowest BCUT2D eigenvalue weighted by Gasteiger charge is -2.22. The smallest absolute Gasteiger partial charge is 0.405 e. The van der Waals surface area contributed by atoms with Crippen LogP contribution in [0.1, 0.15) is 17.2 Å². The van der Waals surface area contributed by atoms with Crippen LogP contribution in [-0.4, -0.2) is 17.6 Å². The lowest BCUT2D eigenvalue weighted by atomic mass is 9.96. The van der Waals surface area contributed by atoms with Crippen LogP contribution in [0, 0.1) is 0 Å². The number of nitrogens with two attached hydrogens (primary N) is 1. The SMILES string of the molecule is Cl.N[C@H](c1ccccc1OC(F)(F)F)[C@@H](O)Cc1ccccc1. The van der Waals surface area contributed by atoms with Gasteiger partial charge >= 0.3 is 6.36 Å². The van der Waals surface area contributed by atoms with E-state index < -0.39 is 24.3 Å². The molecule has 0 aromatic heterocycles. The van der Waals surface area contributed by atoms with Gasteiger partial charge in [-0.05, 0) is 11.6 Å². The molecule has 7 heteroatoms. The minimum atomic E-state index is -4.81. The molecule has 0 saturated heterocycles. The highest BCUT2D eigenvalue weighted by Gasteiger charge is 2.33. The molecule has 0 radical (unpaired) electrons. The number of alkyl halides is 3. The van der Waals surface area contributed by atoms with Crippen molar-refractivity contribution in [2.75, 3.05) is 0 Å². The lowest BCUT2D eigenvalue weighted by Crippen LogP contribution is -2.29. The predicted molar refractivity (Wildman–Crippen MR) is 83.5 cm³/mol. The van der Waals surface area contributed by atoms with Crippen LogP contribution in [-0.2, 0) is 6.42 Å². The van der Waals surface area contributed by atoms with Gasteiger partial charge in [0.2, 0.25) is 0 Å². The van der Waals surface area contributed by atoms with Gasteiger partial charge in [0.05, 0.1) is 12.1 Å². The summed E-state index contributed by atoms with van der Waals surface area (Å²) in [5.74, 6) is -0.394. The molecule has 0 aliphatic rings. The van der Waals surface area contributed by atoms with Gasteiger partial charge in [0.1, 0.15) is 5.75 Å². The van der Waals surface area contributed by atoms with Crippen molar-refractivity contribution in [1.82, 2.24) is 0 Å². The minimum Gasteiger partial charge on any atom is -0.405 e. The number of aliphatic hydroxyl groups is 1. The van der Waals surface area contributed by atoms with E-state index in [2.05, 4.69) is 4.74 Å². The Morgan fingerprint density at radius 2 is 1.57 bits per heavy atom. The highest BCUT2D eigenvalue weighted by Crippen LogP contribution is 2.31. The van der Waals surface area contributed by atoms with Gasteiger partial charge in [-0.25, -0.2) is 0 Å². The Kier molecular flexibility index (Phi) is 6.87. The van der Waals surface area contributed by atoms with Crippen molar-refractivity contribution in [2.45, 2.75) is 24.9 Å². The van der Waals surface area contributed by atoms with E-state index in [1.54, 1.807) is 6.07 Å². The Bertz CT molecular complexity index is 608. The second-order valence-corrected chi connectivity index (χ2v) is 4.87. The number of ether oxygens (including phenoxy) is 1. The van der Waals surface area contributed by atoms with E-state index in [1.165, 1.54) is 18.2 Å². The second-order valence-electron chi connectivity index (χ2n) is 4.87. The first-order valence-electron chi connectivity index (χ1n) is 6.69. The van der Waals surface area contributed by atoms with Crippen LogP contribution in [0.2, 0.25) is 0 Å². The van der Waals surface area contributed by atoms with Crippen molar-refractivity contribution in [3.8, 4) is 5.75 Å². The summed E-state index contributed by atoms with van der Waals surface area (Å²) >= 11 is 0. The molecule has 0 amide bonds. The molecule has 0 heterocycles. The molecule has 2 atom stereocenters. The van der Waals surface area contributed by atoms with Gasteiger partial charge in [-0.3, -0.25) is 0 Å². The van der Waals surface area contributed by atoms with Crippen LogP contribution in [0.15, 0.2) is 54.6 Å². The molecule has 126 valence electrons. The van der Waals surface area contributed by atoms with Crippen molar-refractivity contribution in [3.63, 3.8) is 0 Å². The van der Waals surface area contributed by atoms with Crippen LogP contribution < -0.4 is 10.5 Å². The highest BCUT2D eigenvalue weighted by atomic mass is 35.5. The normalized spacial score (nSPS) is 13.8. The van der Waals surface area contributed by atoms with E-state index >= 15 is 0 Å². The van der Waals surface area contributed by atoms with Crippen molar-refractivity contribution in [3.05, 3.63) is 65.7 Å². The fraction of sp³-hybridized carbons (Fsp3) is 0.250. The van der Waals surface area contributed by atoms with E-state index in [0.717, 1.165) is 5.56 Å². The zero-order valence-corrected chi connectivity index (χ0v) is 12.8. The maximum absolute atomic E-state index is 12.4. The van der Waals surface area contributed by atoms with Gasteiger partial charge < -0.3 is 15.6 Å². The molecule has 0 bridgehead atoms. The Balaban J connectivity index is 0.00000264. The molecule has 0 spiro atoms. The van der Waals surface area contributed by atoms with Crippen LogP contribution in [0.3, 0.4) is 0 Å². The first kappa shape index (κ1) is 19.3. The monoisotopic (exact) mass is 347 g/mol. The summed E-state index contributed by atoms with van der Waals surface area (Å²) in [6.07, 6.45) is -5.59. The van der Waals surface area contributed by atoms with Crippen LogP contribution in [0.25, 0.3) is 0 Å². The average Bonchev–Trinajstić information content (AvgIpc) is 2.46. The molecular formula is C16H17ClF3NO2. The third kappa shape index (κ3) is 5.74. The summed E-state index contributed by atoms with van der Waals surface area (Å²) < 4.78 is 41.2. The number of aliphatic hydroxyl groups excluding tert-OH is 1. The first-order valence-corrected chi connectivity index (χ1v) is 6.69. The number of halogens is 4. The van der Waals surface area contributed by atoms with E-state index in [9.17, 15) is 18.3 Å². The number of para-hydroxylation sites is 1. The molecule has 0 saturated carbocycles. The third-order valence-corrected chi connectivity index (χ3v) is 3.21. The Hall–Kier alpha value is -1.76. The van der Waals surface area contributed by atoms with Crippen molar-refractivity contribution in [1.29, 1.82) is 0 Å². The zero-order chi connectivity index (χ0) is 16.2. The second kappa shape index (κ2) is 8.19. The van der Waals surface area contributed by atoms with E-state index in [0.29, 0.717) is 0 Å². The lowest BCUT2D eigenvalue weighted by molar-refractivity contribution is -0.275. The average molecular weight is 348 g/mol. The maximum Gasteiger partial charge on any atom is 0.573 e. The first-order chi connectivity index (χ1) is 10.4. The van der Waals surface area contributed by atoms with E-state index in [-0.39, 0.29) is 24.4 Å². The molecule has 2 rings (SSSR count). The van der Waals surface area contributed by atoms with E-state index in [1.807, 2.05) is 30.3 Å². The van der Waals surface area contributed by atoms with Crippen molar-refractivity contribution < 1.29 is 23.0 Å². The van der Waals surface area contributed by atoms with Gasteiger partial charge in [-0.2, -0.15) is 0 Å².